The number of rotatable bonds is 0. The summed E-state index contributed by atoms with van der Waals surface area (Å²) in [6, 6.07) is 5.55. The highest BCUT2D eigenvalue weighted by molar-refractivity contribution is 5.57. The van der Waals surface area contributed by atoms with Crippen molar-refractivity contribution in [1.82, 2.24) is 0 Å². The van der Waals surface area contributed by atoms with Crippen LogP contribution in [0, 0.1) is 11.7 Å². The molecule has 0 saturated heterocycles. The molecule has 2 aliphatic rings. The summed E-state index contributed by atoms with van der Waals surface area (Å²) in [4.78, 5) is 0. The molecule has 1 aliphatic heterocycles. The van der Waals surface area contributed by atoms with Crippen LogP contribution in [0.4, 0.5) is 10.1 Å². The third-order valence-corrected chi connectivity index (χ3v) is 3.77. The van der Waals surface area contributed by atoms with Crippen molar-refractivity contribution in [2.45, 2.75) is 31.3 Å². The minimum absolute atomic E-state index is 0.00412. The smallest absolute Gasteiger partial charge is 0.146 e. The van der Waals surface area contributed by atoms with Gasteiger partial charge in [-0.2, -0.15) is 0 Å². The molecular formula is C12H15FN2. The van der Waals surface area contributed by atoms with Crippen LogP contribution in [-0.4, -0.2) is 6.04 Å². The van der Waals surface area contributed by atoms with Crippen LogP contribution in [0.3, 0.4) is 0 Å². The maximum atomic E-state index is 13.6. The molecule has 1 fully saturated rings. The van der Waals surface area contributed by atoms with E-state index in [0.29, 0.717) is 17.6 Å². The van der Waals surface area contributed by atoms with E-state index < -0.39 is 0 Å². The van der Waals surface area contributed by atoms with E-state index in [4.69, 9.17) is 5.73 Å². The minimum Gasteiger partial charge on any atom is -0.379 e. The van der Waals surface area contributed by atoms with Crippen molar-refractivity contribution >= 4 is 5.69 Å². The lowest BCUT2D eigenvalue weighted by atomic mass is 9.85. The van der Waals surface area contributed by atoms with Crippen molar-refractivity contribution in [1.29, 1.82) is 0 Å². The number of fused-ring (bicyclic) bond motifs is 2. The van der Waals surface area contributed by atoms with Crippen LogP contribution in [0.1, 0.15) is 30.9 Å². The number of nitrogens with two attached hydrogens (primary N) is 1. The van der Waals surface area contributed by atoms with E-state index in [2.05, 4.69) is 5.32 Å². The third-order valence-electron chi connectivity index (χ3n) is 3.77. The van der Waals surface area contributed by atoms with Crippen LogP contribution >= 0.6 is 0 Å². The SMILES string of the molecule is NC1c2cccc(F)c2NC2CCCC21. The van der Waals surface area contributed by atoms with Crippen LogP contribution in [0.5, 0.6) is 0 Å². The van der Waals surface area contributed by atoms with Crippen LogP contribution in [-0.2, 0) is 0 Å². The van der Waals surface area contributed by atoms with Crippen molar-refractivity contribution in [2.24, 2.45) is 11.7 Å². The summed E-state index contributed by atoms with van der Waals surface area (Å²) >= 11 is 0. The number of para-hydroxylation sites is 1. The highest BCUT2D eigenvalue weighted by Gasteiger charge is 2.38. The molecule has 3 heteroatoms. The lowest BCUT2D eigenvalue weighted by Gasteiger charge is -2.35. The van der Waals surface area contributed by atoms with Crippen molar-refractivity contribution < 1.29 is 4.39 Å². The molecule has 0 spiro atoms. The van der Waals surface area contributed by atoms with Crippen molar-refractivity contribution in [3.63, 3.8) is 0 Å². The van der Waals surface area contributed by atoms with Crippen LogP contribution < -0.4 is 11.1 Å². The largest absolute Gasteiger partial charge is 0.379 e. The number of halogens is 1. The molecule has 1 aliphatic carbocycles. The summed E-state index contributed by atoms with van der Waals surface area (Å²) in [7, 11) is 0. The van der Waals surface area contributed by atoms with E-state index in [0.717, 1.165) is 18.4 Å². The first kappa shape index (κ1) is 9.16. The first-order valence-corrected chi connectivity index (χ1v) is 5.58. The molecule has 1 heterocycles. The molecule has 3 rings (SSSR count). The molecule has 1 saturated carbocycles. The molecule has 15 heavy (non-hydrogen) atoms. The van der Waals surface area contributed by atoms with Gasteiger partial charge in [-0.05, 0) is 30.4 Å². The number of hydrogen-bond donors (Lipinski definition) is 2. The van der Waals surface area contributed by atoms with E-state index in [1.165, 1.54) is 12.5 Å². The Morgan fingerprint density at radius 2 is 2.20 bits per heavy atom. The third kappa shape index (κ3) is 1.26. The standard InChI is InChI=1S/C12H15FN2/c13-9-5-1-4-8-11(14)7-3-2-6-10(7)15-12(8)9/h1,4-5,7,10-11,15H,2-3,6,14H2. The van der Waals surface area contributed by atoms with Crippen LogP contribution in [0.25, 0.3) is 0 Å². The molecule has 0 aromatic heterocycles. The van der Waals surface area contributed by atoms with Crippen LogP contribution in [0.15, 0.2) is 18.2 Å². The van der Waals surface area contributed by atoms with Gasteiger partial charge in [-0.3, -0.25) is 0 Å². The van der Waals surface area contributed by atoms with Gasteiger partial charge in [-0.15, -0.1) is 0 Å². The monoisotopic (exact) mass is 206 g/mol. The maximum absolute atomic E-state index is 13.6. The fraction of sp³-hybridized carbons (Fsp3) is 0.500. The van der Waals surface area contributed by atoms with Gasteiger partial charge < -0.3 is 11.1 Å². The van der Waals surface area contributed by atoms with E-state index in [9.17, 15) is 4.39 Å². The Labute approximate surface area is 88.7 Å². The summed E-state index contributed by atoms with van der Waals surface area (Å²) in [6.45, 7) is 0. The van der Waals surface area contributed by atoms with Crippen molar-refractivity contribution in [2.75, 3.05) is 5.32 Å². The highest BCUT2D eigenvalue weighted by Crippen LogP contribution is 2.43. The predicted molar refractivity (Wildman–Crippen MR) is 58.1 cm³/mol. The lowest BCUT2D eigenvalue weighted by molar-refractivity contribution is 0.397. The first-order chi connectivity index (χ1) is 7.27. The second-order valence-corrected chi connectivity index (χ2v) is 4.58. The summed E-state index contributed by atoms with van der Waals surface area (Å²) < 4.78 is 13.6. The quantitative estimate of drug-likeness (QED) is 0.684. The zero-order chi connectivity index (χ0) is 10.4. The Bertz CT molecular complexity index is 391. The second-order valence-electron chi connectivity index (χ2n) is 4.58. The molecule has 3 atom stereocenters. The van der Waals surface area contributed by atoms with Gasteiger partial charge in [0.2, 0.25) is 0 Å². The molecular weight excluding hydrogens is 191 g/mol. The van der Waals surface area contributed by atoms with Gasteiger partial charge in [0.25, 0.3) is 0 Å². The summed E-state index contributed by atoms with van der Waals surface area (Å²) in [5.41, 5.74) is 7.77. The van der Waals surface area contributed by atoms with Gasteiger partial charge in [0.15, 0.2) is 0 Å². The summed E-state index contributed by atoms with van der Waals surface area (Å²) in [5, 5.41) is 3.30. The normalized spacial score (nSPS) is 33.1. The fourth-order valence-corrected chi connectivity index (χ4v) is 2.98. The highest BCUT2D eigenvalue weighted by atomic mass is 19.1. The Morgan fingerprint density at radius 3 is 3.07 bits per heavy atom. The molecule has 3 N–H and O–H groups in total. The van der Waals surface area contributed by atoms with E-state index >= 15 is 0 Å². The zero-order valence-corrected chi connectivity index (χ0v) is 8.54. The predicted octanol–water partition coefficient (Wildman–Crippen LogP) is 2.42. The van der Waals surface area contributed by atoms with Gasteiger partial charge >= 0.3 is 0 Å². The molecule has 3 unspecified atom stereocenters. The number of benzene rings is 1. The van der Waals surface area contributed by atoms with Crippen molar-refractivity contribution in [3.8, 4) is 0 Å². The molecule has 1 aromatic rings. The van der Waals surface area contributed by atoms with E-state index in [1.54, 1.807) is 6.07 Å². The zero-order valence-electron chi connectivity index (χ0n) is 8.54. The Balaban J connectivity index is 2.08. The van der Waals surface area contributed by atoms with Gasteiger partial charge in [0.05, 0.1) is 5.69 Å². The number of hydrogen-bond acceptors (Lipinski definition) is 2. The molecule has 2 nitrogen and oxygen atoms in total. The maximum Gasteiger partial charge on any atom is 0.146 e. The Morgan fingerprint density at radius 1 is 1.33 bits per heavy atom. The van der Waals surface area contributed by atoms with Gasteiger partial charge in [-0.25, -0.2) is 4.39 Å². The van der Waals surface area contributed by atoms with Gasteiger partial charge in [0.1, 0.15) is 5.82 Å². The Kier molecular flexibility index (Phi) is 1.96. The second kappa shape index (κ2) is 3.20. The summed E-state index contributed by atoms with van der Waals surface area (Å²) in [6.07, 6.45) is 3.48. The fourth-order valence-electron chi connectivity index (χ4n) is 2.98. The van der Waals surface area contributed by atoms with Crippen LogP contribution in [0.2, 0.25) is 0 Å². The molecule has 0 bridgehead atoms. The topological polar surface area (TPSA) is 38.0 Å². The number of nitrogens with one attached hydrogen (secondary N) is 1. The summed E-state index contributed by atoms with van der Waals surface area (Å²) in [5.74, 6) is 0.313. The minimum atomic E-state index is -0.173. The average Bonchev–Trinajstić information content (AvgIpc) is 2.68. The number of anilines is 1. The van der Waals surface area contributed by atoms with Crippen molar-refractivity contribution in [3.05, 3.63) is 29.6 Å². The Hall–Kier alpha value is -1.09. The van der Waals surface area contributed by atoms with Gasteiger partial charge in [0, 0.05) is 12.1 Å². The molecule has 80 valence electrons. The average molecular weight is 206 g/mol. The first-order valence-electron chi connectivity index (χ1n) is 5.58. The molecule has 0 radical (unpaired) electrons. The molecule has 1 aromatic carbocycles. The van der Waals surface area contributed by atoms with E-state index in [1.807, 2.05) is 6.07 Å². The van der Waals surface area contributed by atoms with Gasteiger partial charge in [-0.1, -0.05) is 18.6 Å². The lowest BCUT2D eigenvalue weighted by Crippen LogP contribution is -2.38. The van der Waals surface area contributed by atoms with E-state index in [-0.39, 0.29) is 11.9 Å². The molecule has 0 amide bonds.